The van der Waals surface area contributed by atoms with Gasteiger partial charge in [-0.1, -0.05) is 15.9 Å². The molecule has 0 spiro atoms. The van der Waals surface area contributed by atoms with Crippen LogP contribution < -0.4 is 10.5 Å². The summed E-state index contributed by atoms with van der Waals surface area (Å²) in [7, 11) is 1.52. The van der Waals surface area contributed by atoms with Gasteiger partial charge in [0.15, 0.2) is 0 Å². The van der Waals surface area contributed by atoms with E-state index in [1.165, 1.54) is 7.11 Å². The summed E-state index contributed by atoms with van der Waals surface area (Å²) in [6.45, 7) is 0. The maximum atomic E-state index is 14.2. The number of hydrogen-bond acceptors (Lipinski definition) is 3. The fourth-order valence-corrected chi connectivity index (χ4v) is 2.80. The Hall–Kier alpha value is -2.74. The van der Waals surface area contributed by atoms with Crippen LogP contribution in [0.15, 0.2) is 40.9 Å². The molecule has 2 aromatic carbocycles. The summed E-state index contributed by atoms with van der Waals surface area (Å²) in [5.74, 6) is -1.94. The fraction of sp³-hybridized carbons (Fsp3) is 0.0588. The van der Waals surface area contributed by atoms with E-state index in [1.807, 2.05) is 0 Å². The summed E-state index contributed by atoms with van der Waals surface area (Å²) in [4.78, 5) is 18.5. The molecule has 5 nitrogen and oxygen atoms in total. The van der Waals surface area contributed by atoms with Crippen LogP contribution in [0.3, 0.4) is 0 Å². The van der Waals surface area contributed by atoms with Crippen molar-refractivity contribution in [3.63, 3.8) is 0 Å². The summed E-state index contributed by atoms with van der Waals surface area (Å²) in [6, 6.07) is 8.90. The maximum absolute atomic E-state index is 14.2. The van der Waals surface area contributed by atoms with Gasteiger partial charge in [-0.05, 0) is 36.4 Å². The molecular formula is C17H12BrF2N3O2. The number of H-pyrrole nitrogens is 1. The summed E-state index contributed by atoms with van der Waals surface area (Å²) in [5, 5.41) is 0. The lowest BCUT2D eigenvalue weighted by Crippen LogP contribution is -2.12. The molecule has 0 aliphatic carbocycles. The third-order valence-electron chi connectivity index (χ3n) is 3.56. The number of amides is 1. The molecule has 0 aliphatic rings. The predicted molar refractivity (Wildman–Crippen MR) is 92.1 cm³/mol. The molecule has 25 heavy (non-hydrogen) atoms. The van der Waals surface area contributed by atoms with Gasteiger partial charge in [0.25, 0.3) is 5.91 Å². The normalized spacial score (nSPS) is 10.7. The molecule has 0 radical (unpaired) electrons. The first kappa shape index (κ1) is 17.1. The number of imidazole rings is 1. The van der Waals surface area contributed by atoms with Crippen molar-refractivity contribution in [1.29, 1.82) is 0 Å². The van der Waals surface area contributed by atoms with Gasteiger partial charge in [-0.25, -0.2) is 13.8 Å². The number of methoxy groups -OCH3 is 1. The lowest BCUT2D eigenvalue weighted by molar-refractivity contribution is 0.0996. The highest BCUT2D eigenvalue weighted by Gasteiger charge is 2.22. The van der Waals surface area contributed by atoms with E-state index < -0.39 is 17.5 Å². The van der Waals surface area contributed by atoms with E-state index in [0.717, 1.165) is 12.1 Å². The van der Waals surface area contributed by atoms with Crippen molar-refractivity contribution in [1.82, 2.24) is 9.97 Å². The number of ether oxygens (including phenoxy) is 1. The Labute approximate surface area is 150 Å². The summed E-state index contributed by atoms with van der Waals surface area (Å²) >= 11 is 3.02. The standard InChI is InChI=1S/C17H12BrF2N3O2/c1-25-10-4-2-8(3-5-10)14-15(16(21)24)23-17(22-14)13-11(19)6-9(18)7-12(13)20/h2-7H,1H3,(H2,21,24)(H,22,23). The van der Waals surface area contributed by atoms with Crippen LogP contribution in [0, 0.1) is 11.6 Å². The molecule has 0 bridgehead atoms. The first-order chi connectivity index (χ1) is 11.9. The average Bonchev–Trinajstić information content (AvgIpc) is 2.99. The first-order valence-electron chi connectivity index (χ1n) is 7.10. The van der Waals surface area contributed by atoms with Crippen LogP contribution >= 0.6 is 15.9 Å². The minimum absolute atomic E-state index is 0.0399. The molecule has 0 unspecified atom stereocenters. The van der Waals surface area contributed by atoms with Crippen molar-refractivity contribution in [3.05, 3.63) is 58.2 Å². The van der Waals surface area contributed by atoms with Gasteiger partial charge in [0.2, 0.25) is 0 Å². The topological polar surface area (TPSA) is 81.0 Å². The zero-order chi connectivity index (χ0) is 18.1. The molecule has 1 heterocycles. The molecule has 3 N–H and O–H groups in total. The number of aromatic amines is 1. The fourth-order valence-electron chi connectivity index (χ4n) is 2.40. The number of carbonyl (C=O) groups is 1. The van der Waals surface area contributed by atoms with Gasteiger partial charge < -0.3 is 15.5 Å². The second kappa shape index (κ2) is 6.64. The maximum Gasteiger partial charge on any atom is 0.267 e. The molecule has 3 rings (SSSR count). The van der Waals surface area contributed by atoms with Crippen LogP contribution in [0.2, 0.25) is 0 Å². The number of aromatic nitrogens is 2. The van der Waals surface area contributed by atoms with Gasteiger partial charge in [0.1, 0.15) is 34.6 Å². The second-order valence-electron chi connectivity index (χ2n) is 5.15. The molecule has 3 aromatic rings. The highest BCUT2D eigenvalue weighted by molar-refractivity contribution is 9.10. The molecule has 1 aromatic heterocycles. The molecule has 0 saturated carbocycles. The SMILES string of the molecule is COc1ccc(-c2nc(-c3c(F)cc(Br)cc3F)[nH]c2C(N)=O)cc1. The molecule has 0 saturated heterocycles. The molecule has 0 atom stereocenters. The Balaban J connectivity index is 2.17. The van der Waals surface area contributed by atoms with Crippen molar-refractivity contribution in [3.8, 4) is 28.4 Å². The summed E-state index contributed by atoms with van der Waals surface area (Å²) in [5.41, 5.74) is 5.71. The van der Waals surface area contributed by atoms with Crippen LogP contribution in [0.1, 0.15) is 10.5 Å². The molecule has 0 aliphatic heterocycles. The molecule has 128 valence electrons. The predicted octanol–water partition coefficient (Wildman–Crippen LogP) is 3.89. The number of nitrogens with two attached hydrogens (primary N) is 1. The first-order valence-corrected chi connectivity index (χ1v) is 7.89. The molecule has 1 amide bonds. The van der Waals surface area contributed by atoms with E-state index in [2.05, 4.69) is 25.9 Å². The Morgan fingerprint density at radius 2 is 1.80 bits per heavy atom. The van der Waals surface area contributed by atoms with Gasteiger partial charge in [-0.2, -0.15) is 0 Å². The molecular weight excluding hydrogens is 396 g/mol. The van der Waals surface area contributed by atoms with E-state index in [9.17, 15) is 13.6 Å². The number of primary amides is 1. The van der Waals surface area contributed by atoms with Crippen LogP contribution in [0.5, 0.6) is 5.75 Å². The highest BCUT2D eigenvalue weighted by Crippen LogP contribution is 2.31. The molecule has 8 heteroatoms. The van der Waals surface area contributed by atoms with Crippen LogP contribution in [-0.2, 0) is 0 Å². The Morgan fingerprint density at radius 3 is 2.32 bits per heavy atom. The Bertz CT molecular complexity index is 932. The lowest BCUT2D eigenvalue weighted by atomic mass is 10.1. The van der Waals surface area contributed by atoms with E-state index in [1.54, 1.807) is 24.3 Å². The number of halogens is 3. The Kier molecular flexibility index (Phi) is 4.54. The number of nitrogens with zero attached hydrogens (tertiary/aromatic N) is 1. The lowest BCUT2D eigenvalue weighted by Gasteiger charge is -2.03. The van der Waals surface area contributed by atoms with Gasteiger partial charge in [-0.15, -0.1) is 0 Å². The van der Waals surface area contributed by atoms with Gasteiger partial charge in [-0.3, -0.25) is 4.79 Å². The number of carbonyl (C=O) groups excluding carboxylic acids is 1. The number of benzene rings is 2. The minimum atomic E-state index is -0.821. The van der Waals surface area contributed by atoms with Crippen molar-refractivity contribution in [2.75, 3.05) is 7.11 Å². The third-order valence-corrected chi connectivity index (χ3v) is 4.02. The van der Waals surface area contributed by atoms with Crippen molar-refractivity contribution in [2.45, 2.75) is 0 Å². The van der Waals surface area contributed by atoms with Gasteiger partial charge in [0, 0.05) is 10.0 Å². The van der Waals surface area contributed by atoms with E-state index in [0.29, 0.717) is 11.3 Å². The summed E-state index contributed by atoms with van der Waals surface area (Å²) in [6.07, 6.45) is 0. The van der Waals surface area contributed by atoms with Crippen molar-refractivity contribution < 1.29 is 18.3 Å². The number of hydrogen-bond donors (Lipinski definition) is 2. The quantitative estimate of drug-likeness (QED) is 0.688. The largest absolute Gasteiger partial charge is 0.497 e. The van der Waals surface area contributed by atoms with Crippen LogP contribution in [0.25, 0.3) is 22.6 Å². The number of rotatable bonds is 4. The minimum Gasteiger partial charge on any atom is -0.497 e. The second-order valence-corrected chi connectivity index (χ2v) is 6.06. The average molecular weight is 408 g/mol. The van der Waals surface area contributed by atoms with E-state index in [4.69, 9.17) is 10.5 Å². The van der Waals surface area contributed by atoms with E-state index >= 15 is 0 Å². The van der Waals surface area contributed by atoms with Crippen LogP contribution in [0.4, 0.5) is 8.78 Å². The van der Waals surface area contributed by atoms with Crippen molar-refractivity contribution in [2.24, 2.45) is 5.73 Å². The number of nitrogens with one attached hydrogen (secondary N) is 1. The van der Waals surface area contributed by atoms with Gasteiger partial charge >= 0.3 is 0 Å². The van der Waals surface area contributed by atoms with E-state index in [-0.39, 0.29) is 27.2 Å². The zero-order valence-corrected chi connectivity index (χ0v) is 14.5. The Morgan fingerprint density at radius 1 is 1.20 bits per heavy atom. The smallest absolute Gasteiger partial charge is 0.267 e. The van der Waals surface area contributed by atoms with Gasteiger partial charge in [0.05, 0.1) is 12.7 Å². The summed E-state index contributed by atoms with van der Waals surface area (Å²) < 4.78 is 33.7. The zero-order valence-electron chi connectivity index (χ0n) is 12.9. The monoisotopic (exact) mass is 407 g/mol. The third kappa shape index (κ3) is 3.25. The van der Waals surface area contributed by atoms with Crippen molar-refractivity contribution >= 4 is 21.8 Å². The van der Waals surface area contributed by atoms with Crippen LogP contribution in [-0.4, -0.2) is 23.0 Å². The molecule has 0 fully saturated rings. The highest BCUT2D eigenvalue weighted by atomic mass is 79.9.